The fraction of sp³-hybridized carbons (Fsp3) is 0.188. The molecule has 0 radical (unpaired) electrons. The summed E-state index contributed by atoms with van der Waals surface area (Å²) in [5.41, 5.74) is 1.15. The molecule has 1 atom stereocenters. The third-order valence-corrected chi connectivity index (χ3v) is 2.78. The van der Waals surface area contributed by atoms with Gasteiger partial charge in [-0.1, -0.05) is 36.4 Å². The average Bonchev–Trinajstić information content (AvgIpc) is 2.48. The Bertz CT molecular complexity index is 569. The van der Waals surface area contributed by atoms with Gasteiger partial charge in [0.15, 0.2) is 6.10 Å². The van der Waals surface area contributed by atoms with Gasteiger partial charge < -0.3 is 15.2 Å². The molecule has 104 valence electrons. The van der Waals surface area contributed by atoms with E-state index < -0.39 is 12.0 Å². The molecule has 0 aliphatic heterocycles. The lowest BCUT2D eigenvalue weighted by molar-refractivity contribution is -0.124. The second-order valence-corrected chi connectivity index (χ2v) is 4.26. The van der Waals surface area contributed by atoms with Crippen molar-refractivity contribution >= 4 is 11.6 Å². The Morgan fingerprint density at radius 2 is 1.95 bits per heavy atom. The minimum absolute atomic E-state index is 0.468. The van der Waals surface area contributed by atoms with Crippen molar-refractivity contribution in [3.63, 3.8) is 0 Å². The van der Waals surface area contributed by atoms with Crippen molar-refractivity contribution in [2.24, 2.45) is 0 Å². The van der Waals surface area contributed by atoms with E-state index in [1.165, 1.54) is 0 Å². The minimum atomic E-state index is -1.19. The van der Waals surface area contributed by atoms with Gasteiger partial charge in [-0.2, -0.15) is 0 Å². The number of rotatable bonds is 5. The molecule has 1 unspecified atom stereocenters. The molecule has 0 saturated heterocycles. The van der Waals surface area contributed by atoms with E-state index in [9.17, 15) is 9.90 Å². The number of anilines is 1. The van der Waals surface area contributed by atoms with Crippen LogP contribution in [0.5, 0.6) is 5.75 Å². The summed E-state index contributed by atoms with van der Waals surface area (Å²) in [6.07, 6.45) is -1.19. The number of carbonyl (C=O) groups excluding carboxylic acids is 1. The Morgan fingerprint density at radius 3 is 2.65 bits per heavy atom. The third kappa shape index (κ3) is 3.59. The molecule has 0 bridgehead atoms. The summed E-state index contributed by atoms with van der Waals surface area (Å²) in [6, 6.07) is 15.9. The van der Waals surface area contributed by atoms with Crippen LogP contribution in [0.15, 0.2) is 54.6 Å². The molecule has 20 heavy (non-hydrogen) atoms. The van der Waals surface area contributed by atoms with Crippen LogP contribution in [0, 0.1) is 0 Å². The standard InChI is InChI=1S/C16H17NO3/c1-2-20-14-10-6-9-13(11-14)17-16(19)15(18)12-7-4-3-5-8-12/h3-11,15,18H,2H2,1H3,(H,17,19). The summed E-state index contributed by atoms with van der Waals surface area (Å²) in [5, 5.41) is 12.6. The van der Waals surface area contributed by atoms with E-state index in [4.69, 9.17) is 4.74 Å². The van der Waals surface area contributed by atoms with Crippen LogP contribution in [0.2, 0.25) is 0 Å². The van der Waals surface area contributed by atoms with Gasteiger partial charge in [0.2, 0.25) is 0 Å². The van der Waals surface area contributed by atoms with Gasteiger partial charge >= 0.3 is 0 Å². The summed E-state index contributed by atoms with van der Waals surface area (Å²) >= 11 is 0. The van der Waals surface area contributed by atoms with Gasteiger partial charge in [-0.25, -0.2) is 0 Å². The zero-order chi connectivity index (χ0) is 14.4. The van der Waals surface area contributed by atoms with Gasteiger partial charge in [0, 0.05) is 11.8 Å². The molecule has 0 fully saturated rings. The molecule has 2 aromatic rings. The van der Waals surface area contributed by atoms with Crippen molar-refractivity contribution in [2.75, 3.05) is 11.9 Å². The Kier molecular flexibility index (Phi) is 4.74. The van der Waals surface area contributed by atoms with Crippen molar-refractivity contribution in [3.05, 3.63) is 60.2 Å². The maximum atomic E-state index is 12.0. The predicted molar refractivity (Wildman–Crippen MR) is 77.6 cm³/mol. The predicted octanol–water partition coefficient (Wildman–Crippen LogP) is 2.76. The van der Waals surface area contributed by atoms with Crippen molar-refractivity contribution in [2.45, 2.75) is 13.0 Å². The molecular formula is C16H17NO3. The Labute approximate surface area is 118 Å². The topological polar surface area (TPSA) is 58.6 Å². The highest BCUT2D eigenvalue weighted by Gasteiger charge is 2.17. The molecule has 0 saturated carbocycles. The number of benzene rings is 2. The quantitative estimate of drug-likeness (QED) is 0.879. The van der Waals surface area contributed by atoms with E-state index >= 15 is 0 Å². The molecule has 0 heterocycles. The van der Waals surface area contributed by atoms with Crippen molar-refractivity contribution in [1.82, 2.24) is 0 Å². The lowest BCUT2D eigenvalue weighted by Crippen LogP contribution is -2.20. The maximum absolute atomic E-state index is 12.0. The van der Waals surface area contributed by atoms with Gasteiger partial charge in [-0.3, -0.25) is 4.79 Å². The largest absolute Gasteiger partial charge is 0.494 e. The smallest absolute Gasteiger partial charge is 0.257 e. The SMILES string of the molecule is CCOc1cccc(NC(=O)C(O)c2ccccc2)c1. The molecular weight excluding hydrogens is 254 g/mol. The lowest BCUT2D eigenvalue weighted by Gasteiger charge is -2.12. The number of amides is 1. The number of aliphatic hydroxyl groups excluding tert-OH is 1. The van der Waals surface area contributed by atoms with Crippen LogP contribution in [-0.2, 0) is 4.79 Å². The first kappa shape index (κ1) is 14.1. The van der Waals surface area contributed by atoms with Crippen molar-refractivity contribution in [1.29, 1.82) is 0 Å². The van der Waals surface area contributed by atoms with Crippen LogP contribution in [0.25, 0.3) is 0 Å². The van der Waals surface area contributed by atoms with E-state index in [0.29, 0.717) is 23.6 Å². The van der Waals surface area contributed by atoms with Crippen LogP contribution >= 0.6 is 0 Å². The Hall–Kier alpha value is -2.33. The van der Waals surface area contributed by atoms with E-state index in [0.717, 1.165) is 0 Å². The third-order valence-electron chi connectivity index (χ3n) is 2.78. The second kappa shape index (κ2) is 6.73. The Morgan fingerprint density at radius 1 is 1.20 bits per heavy atom. The number of carbonyl (C=O) groups is 1. The fourth-order valence-electron chi connectivity index (χ4n) is 1.83. The number of aliphatic hydroxyl groups is 1. The van der Waals surface area contributed by atoms with Gasteiger partial charge in [0.1, 0.15) is 5.75 Å². The van der Waals surface area contributed by atoms with Gasteiger partial charge in [-0.15, -0.1) is 0 Å². The summed E-state index contributed by atoms with van der Waals surface area (Å²) in [5.74, 6) is 0.212. The molecule has 2 N–H and O–H groups in total. The number of nitrogens with one attached hydrogen (secondary N) is 1. The van der Waals surface area contributed by atoms with E-state index in [-0.39, 0.29) is 0 Å². The molecule has 2 rings (SSSR count). The van der Waals surface area contributed by atoms with Crippen LogP contribution in [-0.4, -0.2) is 17.6 Å². The molecule has 0 aliphatic carbocycles. The zero-order valence-corrected chi connectivity index (χ0v) is 11.2. The first-order chi connectivity index (χ1) is 9.70. The Balaban J connectivity index is 2.06. The zero-order valence-electron chi connectivity index (χ0n) is 11.2. The molecule has 0 aliphatic rings. The molecule has 4 nitrogen and oxygen atoms in total. The fourth-order valence-corrected chi connectivity index (χ4v) is 1.83. The maximum Gasteiger partial charge on any atom is 0.257 e. The summed E-state index contributed by atoms with van der Waals surface area (Å²) in [4.78, 5) is 12.0. The number of hydrogen-bond donors (Lipinski definition) is 2. The van der Waals surface area contributed by atoms with Gasteiger partial charge in [0.25, 0.3) is 5.91 Å². The average molecular weight is 271 g/mol. The van der Waals surface area contributed by atoms with E-state index in [1.54, 1.807) is 42.5 Å². The van der Waals surface area contributed by atoms with Crippen LogP contribution in [0.4, 0.5) is 5.69 Å². The number of hydrogen-bond acceptors (Lipinski definition) is 3. The lowest BCUT2D eigenvalue weighted by atomic mass is 10.1. The normalized spacial score (nSPS) is 11.7. The van der Waals surface area contributed by atoms with Gasteiger partial charge in [0.05, 0.1) is 6.61 Å². The van der Waals surface area contributed by atoms with Crippen LogP contribution < -0.4 is 10.1 Å². The van der Waals surface area contributed by atoms with Crippen molar-refractivity contribution < 1.29 is 14.6 Å². The van der Waals surface area contributed by atoms with E-state index in [1.807, 2.05) is 19.1 Å². The molecule has 0 aromatic heterocycles. The minimum Gasteiger partial charge on any atom is -0.494 e. The summed E-state index contributed by atoms with van der Waals surface area (Å²) in [7, 11) is 0. The van der Waals surface area contributed by atoms with E-state index in [2.05, 4.69) is 5.32 Å². The van der Waals surface area contributed by atoms with Crippen LogP contribution in [0.1, 0.15) is 18.6 Å². The summed E-state index contributed by atoms with van der Waals surface area (Å²) < 4.78 is 5.36. The van der Waals surface area contributed by atoms with Gasteiger partial charge in [-0.05, 0) is 24.6 Å². The van der Waals surface area contributed by atoms with Crippen molar-refractivity contribution in [3.8, 4) is 5.75 Å². The first-order valence-electron chi connectivity index (χ1n) is 6.47. The highest BCUT2D eigenvalue weighted by atomic mass is 16.5. The highest BCUT2D eigenvalue weighted by Crippen LogP contribution is 2.19. The molecule has 2 aromatic carbocycles. The number of ether oxygens (including phenoxy) is 1. The second-order valence-electron chi connectivity index (χ2n) is 4.26. The monoisotopic (exact) mass is 271 g/mol. The van der Waals surface area contributed by atoms with Crippen LogP contribution in [0.3, 0.4) is 0 Å². The first-order valence-corrected chi connectivity index (χ1v) is 6.47. The molecule has 4 heteroatoms. The summed E-state index contributed by atoms with van der Waals surface area (Å²) in [6.45, 7) is 2.45. The molecule has 1 amide bonds. The highest BCUT2D eigenvalue weighted by molar-refractivity contribution is 5.94. The molecule has 0 spiro atoms.